The van der Waals surface area contributed by atoms with Crippen molar-refractivity contribution in [2.45, 2.75) is 15.0 Å². The first kappa shape index (κ1) is 23.7. The van der Waals surface area contributed by atoms with Gasteiger partial charge in [0.15, 0.2) is 9.84 Å². The van der Waals surface area contributed by atoms with E-state index in [4.69, 9.17) is 0 Å². The molecule has 0 N–H and O–H groups in total. The molecule has 0 aliphatic carbocycles. The zero-order valence-corrected chi connectivity index (χ0v) is 21.2. The second-order valence-electron chi connectivity index (χ2n) is 7.35. The lowest BCUT2D eigenvalue weighted by atomic mass is 10.1. The Labute approximate surface area is 203 Å². The molecule has 0 saturated carbocycles. The van der Waals surface area contributed by atoms with Crippen LogP contribution in [0.25, 0.3) is 21.7 Å². The molecule has 0 spiro atoms. The van der Waals surface area contributed by atoms with Crippen LogP contribution in [0.5, 0.6) is 0 Å². The van der Waals surface area contributed by atoms with Crippen molar-refractivity contribution in [1.82, 2.24) is 4.98 Å². The van der Waals surface area contributed by atoms with Crippen LogP contribution in [0.1, 0.15) is 5.56 Å². The highest BCUT2D eigenvalue weighted by Crippen LogP contribution is 2.39. The first-order chi connectivity index (χ1) is 15.5. The van der Waals surface area contributed by atoms with Gasteiger partial charge in [-0.3, -0.25) is 0 Å². The fourth-order valence-electron chi connectivity index (χ4n) is 3.15. The average molecular weight is 566 g/mol. The fraction of sp³-hybridized carbons (Fsp3) is 0.0870. The fourth-order valence-corrected chi connectivity index (χ4v) is 6.79. The number of thiazole rings is 1. The number of rotatable bonds is 6. The highest BCUT2D eigenvalue weighted by Gasteiger charge is 2.25. The zero-order valence-electron chi connectivity index (χ0n) is 17.2. The zero-order chi connectivity index (χ0) is 23.8. The van der Waals surface area contributed by atoms with Crippen molar-refractivity contribution in [1.29, 1.82) is 0 Å². The van der Waals surface area contributed by atoms with E-state index in [2.05, 4.69) is 20.9 Å². The van der Waals surface area contributed by atoms with Crippen LogP contribution in [-0.2, 0) is 25.4 Å². The molecule has 0 amide bonds. The number of hydrogen-bond acceptors (Lipinski definition) is 6. The van der Waals surface area contributed by atoms with Crippen molar-refractivity contribution in [3.63, 3.8) is 0 Å². The molecule has 0 aliphatic heterocycles. The number of benzene rings is 3. The van der Waals surface area contributed by atoms with Crippen LogP contribution in [-0.4, -0.2) is 28.1 Å². The Kier molecular flexibility index (Phi) is 6.54. The van der Waals surface area contributed by atoms with Gasteiger partial charge < -0.3 is 0 Å². The molecule has 0 fully saturated rings. The monoisotopic (exact) mass is 565 g/mol. The third-order valence-corrected chi connectivity index (χ3v) is 9.71. The predicted octanol–water partition coefficient (Wildman–Crippen LogP) is 5.76. The molecule has 1 heterocycles. The number of hydrogen-bond donors (Lipinski definition) is 0. The van der Waals surface area contributed by atoms with Crippen LogP contribution in [0.15, 0.2) is 86.5 Å². The van der Waals surface area contributed by atoms with Gasteiger partial charge in [-0.15, -0.1) is 11.3 Å². The summed E-state index contributed by atoms with van der Waals surface area (Å²) < 4.78 is 64.2. The Bertz CT molecular complexity index is 1510. The standard InChI is InChI=1S/C23H17BrFNO4S3/c1-32(27,28)20-12-6-17(7-13-20)22-21(16-4-10-19(25)11-5-16)26-23(31-22)33(29,30)14-15-2-8-18(24)9-3-15/h2-13H,14H2,1H3. The molecule has 33 heavy (non-hydrogen) atoms. The Balaban J connectivity index is 1.81. The summed E-state index contributed by atoms with van der Waals surface area (Å²) in [6.45, 7) is 0. The summed E-state index contributed by atoms with van der Waals surface area (Å²) >= 11 is 4.34. The van der Waals surface area contributed by atoms with E-state index in [-0.39, 0.29) is 15.0 Å². The maximum Gasteiger partial charge on any atom is 0.210 e. The minimum Gasteiger partial charge on any atom is -0.224 e. The van der Waals surface area contributed by atoms with Gasteiger partial charge in [-0.2, -0.15) is 0 Å². The molecule has 5 nitrogen and oxygen atoms in total. The molecular formula is C23H17BrFNO4S3. The Morgan fingerprint density at radius 2 is 1.42 bits per heavy atom. The summed E-state index contributed by atoms with van der Waals surface area (Å²) in [4.78, 5) is 5.13. The Hall–Kier alpha value is -2.40. The summed E-state index contributed by atoms with van der Waals surface area (Å²) in [5.41, 5.74) is 2.18. The molecule has 0 saturated heterocycles. The van der Waals surface area contributed by atoms with E-state index >= 15 is 0 Å². The average Bonchev–Trinajstić information content (AvgIpc) is 3.22. The van der Waals surface area contributed by atoms with Crippen molar-refractivity contribution >= 4 is 46.9 Å². The summed E-state index contributed by atoms with van der Waals surface area (Å²) in [5.74, 6) is -0.639. The SMILES string of the molecule is CS(=O)(=O)c1ccc(-c2sc(S(=O)(=O)Cc3ccc(Br)cc3)nc2-c2ccc(F)cc2)cc1. The van der Waals surface area contributed by atoms with Gasteiger partial charge in [0.2, 0.25) is 14.2 Å². The molecule has 0 unspecified atom stereocenters. The molecule has 0 bridgehead atoms. The van der Waals surface area contributed by atoms with E-state index in [0.717, 1.165) is 22.1 Å². The maximum atomic E-state index is 13.5. The predicted molar refractivity (Wildman–Crippen MR) is 131 cm³/mol. The molecule has 0 aliphatic rings. The second kappa shape index (κ2) is 9.09. The molecule has 0 radical (unpaired) electrons. The van der Waals surface area contributed by atoms with Gasteiger partial charge in [0.05, 0.1) is 21.2 Å². The quantitative estimate of drug-likeness (QED) is 0.297. The summed E-state index contributed by atoms with van der Waals surface area (Å²) in [6.07, 6.45) is 1.12. The highest BCUT2D eigenvalue weighted by atomic mass is 79.9. The van der Waals surface area contributed by atoms with Crippen LogP contribution in [0.2, 0.25) is 0 Å². The highest BCUT2D eigenvalue weighted by molar-refractivity contribution is 9.10. The molecule has 170 valence electrons. The van der Waals surface area contributed by atoms with E-state index in [1.807, 2.05) is 0 Å². The van der Waals surface area contributed by atoms with E-state index in [9.17, 15) is 21.2 Å². The van der Waals surface area contributed by atoms with Crippen molar-refractivity contribution in [2.75, 3.05) is 6.26 Å². The van der Waals surface area contributed by atoms with Crippen LogP contribution in [0.4, 0.5) is 4.39 Å². The van der Waals surface area contributed by atoms with Crippen LogP contribution in [0.3, 0.4) is 0 Å². The topological polar surface area (TPSA) is 81.2 Å². The minimum atomic E-state index is -3.76. The van der Waals surface area contributed by atoms with Gasteiger partial charge >= 0.3 is 0 Å². The molecule has 10 heteroatoms. The Morgan fingerprint density at radius 1 is 0.848 bits per heavy atom. The number of sulfone groups is 2. The lowest BCUT2D eigenvalue weighted by molar-refractivity contribution is 0.594. The minimum absolute atomic E-state index is 0.0630. The van der Waals surface area contributed by atoms with Crippen LogP contribution < -0.4 is 0 Å². The Morgan fingerprint density at radius 3 is 2.00 bits per heavy atom. The van der Waals surface area contributed by atoms with Gasteiger partial charge in [-0.1, -0.05) is 40.2 Å². The van der Waals surface area contributed by atoms with E-state index < -0.39 is 25.5 Å². The summed E-state index contributed by atoms with van der Waals surface area (Å²) in [7, 11) is -7.14. The molecule has 0 atom stereocenters. The molecule has 4 rings (SSSR count). The molecule has 1 aromatic heterocycles. The smallest absolute Gasteiger partial charge is 0.210 e. The first-order valence-corrected chi connectivity index (χ1v) is 14.7. The third-order valence-electron chi connectivity index (χ3n) is 4.81. The lowest BCUT2D eigenvalue weighted by Crippen LogP contribution is -2.04. The third kappa shape index (κ3) is 5.40. The number of nitrogens with zero attached hydrogens (tertiary/aromatic N) is 1. The van der Waals surface area contributed by atoms with Crippen molar-refractivity contribution < 1.29 is 21.2 Å². The largest absolute Gasteiger partial charge is 0.224 e. The second-order valence-corrected chi connectivity index (χ2v) is 13.4. The van der Waals surface area contributed by atoms with Crippen LogP contribution in [0, 0.1) is 5.82 Å². The molecular weight excluding hydrogens is 549 g/mol. The summed E-state index contributed by atoms with van der Waals surface area (Å²) in [5, 5.41) is 0. The van der Waals surface area contributed by atoms with E-state index in [1.54, 1.807) is 36.4 Å². The lowest BCUT2D eigenvalue weighted by Gasteiger charge is -2.04. The van der Waals surface area contributed by atoms with Gasteiger partial charge in [0.25, 0.3) is 0 Å². The van der Waals surface area contributed by atoms with E-state index in [1.165, 1.54) is 36.4 Å². The maximum absolute atomic E-state index is 13.5. The molecule has 4 aromatic rings. The first-order valence-electron chi connectivity index (χ1n) is 9.57. The van der Waals surface area contributed by atoms with Gasteiger partial charge in [0.1, 0.15) is 5.82 Å². The van der Waals surface area contributed by atoms with Crippen molar-refractivity contribution in [3.05, 3.63) is 88.6 Å². The van der Waals surface area contributed by atoms with E-state index in [0.29, 0.717) is 27.3 Å². The van der Waals surface area contributed by atoms with Crippen molar-refractivity contribution in [2.24, 2.45) is 0 Å². The number of halogens is 2. The number of aromatic nitrogens is 1. The summed E-state index contributed by atoms with van der Waals surface area (Å²) in [6, 6.07) is 18.8. The normalized spacial score (nSPS) is 12.1. The van der Waals surface area contributed by atoms with Gasteiger partial charge in [-0.25, -0.2) is 26.2 Å². The van der Waals surface area contributed by atoms with Crippen LogP contribution >= 0.6 is 27.3 Å². The van der Waals surface area contributed by atoms with Gasteiger partial charge in [0, 0.05) is 16.3 Å². The van der Waals surface area contributed by atoms with Crippen molar-refractivity contribution in [3.8, 4) is 21.7 Å². The molecule has 3 aromatic carbocycles. The van der Waals surface area contributed by atoms with Gasteiger partial charge in [-0.05, 0) is 59.7 Å².